The van der Waals surface area contributed by atoms with Crippen LogP contribution in [0.5, 0.6) is 0 Å². The minimum atomic E-state index is 0.100. The average Bonchev–Trinajstić information content (AvgIpc) is 2.44. The zero-order valence-electron chi connectivity index (χ0n) is 10.7. The summed E-state index contributed by atoms with van der Waals surface area (Å²) in [5.41, 5.74) is 4.48. The third-order valence-electron chi connectivity index (χ3n) is 3.85. The van der Waals surface area contributed by atoms with Gasteiger partial charge in [0.25, 0.3) is 0 Å². The Morgan fingerprint density at radius 1 is 1.33 bits per heavy atom. The number of hydrogen-bond donors (Lipinski definition) is 1. The first-order valence-electron chi connectivity index (χ1n) is 6.56. The van der Waals surface area contributed by atoms with Crippen LogP contribution in [-0.4, -0.2) is 28.1 Å². The van der Waals surface area contributed by atoms with Crippen LogP contribution in [0.3, 0.4) is 0 Å². The Morgan fingerprint density at radius 3 is 2.94 bits per heavy atom. The van der Waals surface area contributed by atoms with Crippen LogP contribution in [0.1, 0.15) is 23.7 Å². The van der Waals surface area contributed by atoms with Crippen molar-refractivity contribution in [3.63, 3.8) is 0 Å². The molecule has 2 heterocycles. The molecule has 1 aromatic carbocycles. The number of benzene rings is 1. The highest BCUT2D eigenvalue weighted by molar-refractivity contribution is 5.83. The monoisotopic (exact) mass is 242 g/mol. The third-order valence-corrected chi connectivity index (χ3v) is 3.85. The fraction of sp³-hybridized carbons (Fsp3) is 0.400. The number of rotatable bonds is 2. The van der Waals surface area contributed by atoms with Gasteiger partial charge in [0, 0.05) is 30.6 Å². The van der Waals surface area contributed by atoms with Crippen LogP contribution in [0, 0.1) is 0 Å². The molecule has 0 aliphatic carbocycles. The van der Waals surface area contributed by atoms with Crippen molar-refractivity contribution in [2.75, 3.05) is 13.1 Å². The highest BCUT2D eigenvalue weighted by Gasteiger charge is 2.20. The fourth-order valence-electron chi connectivity index (χ4n) is 2.79. The first-order chi connectivity index (χ1) is 8.83. The van der Waals surface area contributed by atoms with Gasteiger partial charge in [0.15, 0.2) is 0 Å². The van der Waals surface area contributed by atoms with E-state index in [0.717, 1.165) is 42.5 Å². The lowest BCUT2D eigenvalue weighted by atomic mass is 9.96. The fourth-order valence-corrected chi connectivity index (χ4v) is 2.79. The molecule has 0 radical (unpaired) electrons. The Hall–Kier alpha value is -1.45. The summed E-state index contributed by atoms with van der Waals surface area (Å²) in [5, 5.41) is 10.8. The second-order valence-electron chi connectivity index (χ2n) is 4.81. The summed E-state index contributed by atoms with van der Waals surface area (Å²) < 4.78 is 0. The zero-order valence-corrected chi connectivity index (χ0v) is 10.7. The standard InChI is InChI=1S/C15H18N2O/c1-2-17-8-7-15-12(9-17)13(10-18)11-5-3-4-6-14(11)16-15/h3-6,18H,2,7-10H2,1H3. The molecule has 0 unspecified atom stereocenters. The lowest BCUT2D eigenvalue weighted by Gasteiger charge is -2.29. The molecule has 1 aliphatic heterocycles. The van der Waals surface area contributed by atoms with Crippen LogP contribution in [0.4, 0.5) is 0 Å². The van der Waals surface area contributed by atoms with Crippen LogP contribution in [0.15, 0.2) is 24.3 Å². The Kier molecular flexibility index (Phi) is 3.02. The maximum absolute atomic E-state index is 9.70. The van der Waals surface area contributed by atoms with Gasteiger partial charge in [0.2, 0.25) is 0 Å². The normalized spacial score (nSPS) is 15.9. The SMILES string of the molecule is CCN1CCc2nc3ccccc3c(CO)c2C1. The molecule has 0 spiro atoms. The van der Waals surface area contributed by atoms with E-state index in [1.54, 1.807) is 0 Å². The first kappa shape index (κ1) is 11.6. The number of aromatic nitrogens is 1. The van der Waals surface area contributed by atoms with Crippen molar-refractivity contribution in [2.45, 2.75) is 26.5 Å². The Bertz CT molecular complexity index is 580. The predicted octanol–water partition coefficient (Wildman–Crippen LogP) is 2.11. The van der Waals surface area contributed by atoms with E-state index in [0.29, 0.717) is 0 Å². The van der Waals surface area contributed by atoms with Crippen molar-refractivity contribution in [3.8, 4) is 0 Å². The van der Waals surface area contributed by atoms with E-state index in [1.165, 1.54) is 11.3 Å². The Morgan fingerprint density at radius 2 is 2.17 bits per heavy atom. The number of para-hydroxylation sites is 1. The van der Waals surface area contributed by atoms with E-state index >= 15 is 0 Å². The molecule has 3 rings (SSSR count). The molecule has 0 bridgehead atoms. The molecule has 0 amide bonds. The van der Waals surface area contributed by atoms with Crippen molar-refractivity contribution in [3.05, 3.63) is 41.1 Å². The molecule has 0 fully saturated rings. The summed E-state index contributed by atoms with van der Waals surface area (Å²) in [6.45, 7) is 5.32. The number of aliphatic hydroxyl groups excluding tert-OH is 1. The summed E-state index contributed by atoms with van der Waals surface area (Å²) in [7, 11) is 0. The second-order valence-corrected chi connectivity index (χ2v) is 4.81. The topological polar surface area (TPSA) is 36.4 Å². The maximum atomic E-state index is 9.70. The first-order valence-corrected chi connectivity index (χ1v) is 6.56. The van der Waals surface area contributed by atoms with E-state index in [-0.39, 0.29) is 6.61 Å². The number of pyridine rings is 1. The molecule has 3 heteroatoms. The van der Waals surface area contributed by atoms with Gasteiger partial charge in [0.05, 0.1) is 12.1 Å². The quantitative estimate of drug-likeness (QED) is 0.876. The van der Waals surface area contributed by atoms with E-state index < -0.39 is 0 Å². The van der Waals surface area contributed by atoms with Gasteiger partial charge >= 0.3 is 0 Å². The van der Waals surface area contributed by atoms with Gasteiger partial charge in [-0.15, -0.1) is 0 Å². The average molecular weight is 242 g/mol. The summed E-state index contributed by atoms with van der Waals surface area (Å²) >= 11 is 0. The number of hydrogen-bond acceptors (Lipinski definition) is 3. The molecule has 18 heavy (non-hydrogen) atoms. The summed E-state index contributed by atoms with van der Waals surface area (Å²) in [6.07, 6.45) is 0.987. The van der Waals surface area contributed by atoms with Crippen molar-refractivity contribution in [2.24, 2.45) is 0 Å². The lowest BCUT2D eigenvalue weighted by Crippen LogP contribution is -2.31. The van der Waals surface area contributed by atoms with E-state index in [4.69, 9.17) is 4.98 Å². The van der Waals surface area contributed by atoms with Crippen molar-refractivity contribution in [1.82, 2.24) is 9.88 Å². The smallest absolute Gasteiger partial charge is 0.0709 e. The number of aliphatic hydroxyl groups is 1. The number of likely N-dealkylation sites (N-methyl/N-ethyl adjacent to an activating group) is 1. The summed E-state index contributed by atoms with van der Waals surface area (Å²) in [5.74, 6) is 0. The van der Waals surface area contributed by atoms with Gasteiger partial charge < -0.3 is 5.11 Å². The van der Waals surface area contributed by atoms with Gasteiger partial charge in [0.1, 0.15) is 0 Å². The minimum Gasteiger partial charge on any atom is -0.392 e. The lowest BCUT2D eigenvalue weighted by molar-refractivity contribution is 0.252. The zero-order chi connectivity index (χ0) is 12.5. The Balaban J connectivity index is 2.21. The second kappa shape index (κ2) is 4.67. The van der Waals surface area contributed by atoms with Gasteiger partial charge in [-0.3, -0.25) is 9.88 Å². The van der Waals surface area contributed by atoms with Crippen LogP contribution in [-0.2, 0) is 19.6 Å². The van der Waals surface area contributed by atoms with Gasteiger partial charge in [-0.1, -0.05) is 25.1 Å². The summed E-state index contributed by atoms with van der Waals surface area (Å²) in [6, 6.07) is 8.10. The van der Waals surface area contributed by atoms with Crippen molar-refractivity contribution >= 4 is 10.9 Å². The van der Waals surface area contributed by atoms with Crippen LogP contribution < -0.4 is 0 Å². The van der Waals surface area contributed by atoms with E-state index in [1.807, 2.05) is 18.2 Å². The van der Waals surface area contributed by atoms with Crippen LogP contribution in [0.2, 0.25) is 0 Å². The van der Waals surface area contributed by atoms with Crippen molar-refractivity contribution in [1.29, 1.82) is 0 Å². The third kappa shape index (κ3) is 1.80. The molecular formula is C15H18N2O. The number of fused-ring (bicyclic) bond motifs is 2. The highest BCUT2D eigenvalue weighted by Crippen LogP contribution is 2.27. The molecule has 1 N–H and O–H groups in total. The van der Waals surface area contributed by atoms with Gasteiger partial charge in [-0.25, -0.2) is 0 Å². The largest absolute Gasteiger partial charge is 0.392 e. The number of nitrogens with zero attached hydrogens (tertiary/aromatic N) is 2. The van der Waals surface area contributed by atoms with Gasteiger partial charge in [-0.05, 0) is 23.7 Å². The van der Waals surface area contributed by atoms with E-state index in [2.05, 4.69) is 17.9 Å². The predicted molar refractivity (Wildman–Crippen MR) is 72.3 cm³/mol. The maximum Gasteiger partial charge on any atom is 0.0709 e. The molecule has 1 aromatic heterocycles. The van der Waals surface area contributed by atoms with Crippen molar-refractivity contribution < 1.29 is 5.11 Å². The van der Waals surface area contributed by atoms with Gasteiger partial charge in [-0.2, -0.15) is 0 Å². The van der Waals surface area contributed by atoms with Crippen LogP contribution in [0.25, 0.3) is 10.9 Å². The molecular weight excluding hydrogens is 224 g/mol. The van der Waals surface area contributed by atoms with Crippen LogP contribution >= 0.6 is 0 Å². The molecule has 3 nitrogen and oxygen atoms in total. The van der Waals surface area contributed by atoms with E-state index in [9.17, 15) is 5.11 Å². The molecule has 0 saturated heterocycles. The minimum absolute atomic E-state index is 0.100. The highest BCUT2D eigenvalue weighted by atomic mass is 16.3. The summed E-state index contributed by atoms with van der Waals surface area (Å²) in [4.78, 5) is 7.16. The molecule has 2 aromatic rings. The Labute approximate surface area is 107 Å². The molecule has 1 aliphatic rings. The molecule has 94 valence electrons. The molecule has 0 atom stereocenters. The molecule has 0 saturated carbocycles.